The Labute approximate surface area is 155 Å². The first-order valence-electron chi connectivity index (χ1n) is 7.68. The number of nitrogens with one attached hydrogen (secondary N) is 1. The predicted molar refractivity (Wildman–Crippen MR) is 99.1 cm³/mol. The fraction of sp³-hybridized carbons (Fsp3) is 0.167. The van der Waals surface area contributed by atoms with Crippen molar-refractivity contribution in [3.05, 3.63) is 64.1 Å². The number of hydrazone groups is 1. The molecule has 1 N–H and O–H groups in total. The first kappa shape index (κ1) is 17.5. The second kappa shape index (κ2) is 7.68. The molecule has 0 bridgehead atoms. The van der Waals surface area contributed by atoms with Crippen molar-refractivity contribution in [1.29, 1.82) is 0 Å². The average Bonchev–Trinajstić information content (AvgIpc) is 3.01. The Balaban J connectivity index is 1.62. The lowest BCUT2D eigenvalue weighted by atomic mass is 10.1. The fourth-order valence-corrected chi connectivity index (χ4v) is 2.97. The van der Waals surface area contributed by atoms with Gasteiger partial charge in [-0.25, -0.2) is 5.43 Å². The molecule has 3 rings (SSSR count). The number of amides is 2. The van der Waals surface area contributed by atoms with Gasteiger partial charge in [-0.05, 0) is 18.2 Å². The van der Waals surface area contributed by atoms with Crippen LogP contribution in [0.25, 0.3) is 0 Å². The van der Waals surface area contributed by atoms with E-state index in [1.165, 1.54) is 6.21 Å². The summed E-state index contributed by atoms with van der Waals surface area (Å²) in [4.78, 5) is 26.0. The highest BCUT2D eigenvalue weighted by Crippen LogP contribution is 2.25. The highest BCUT2D eigenvalue weighted by Gasteiger charge is 2.34. The average molecular weight is 376 g/mol. The van der Waals surface area contributed by atoms with E-state index < -0.39 is 5.92 Å². The summed E-state index contributed by atoms with van der Waals surface area (Å²) in [6, 6.07) is 14.4. The van der Waals surface area contributed by atoms with Crippen molar-refractivity contribution in [1.82, 2.24) is 5.43 Å². The van der Waals surface area contributed by atoms with Crippen molar-refractivity contribution in [2.24, 2.45) is 11.0 Å². The quantitative estimate of drug-likeness (QED) is 0.656. The topological polar surface area (TPSA) is 61.8 Å². The lowest BCUT2D eigenvalue weighted by Crippen LogP contribution is -2.30. The molecule has 0 radical (unpaired) electrons. The Morgan fingerprint density at radius 2 is 1.92 bits per heavy atom. The third kappa shape index (κ3) is 4.00. The van der Waals surface area contributed by atoms with Crippen molar-refractivity contribution in [3.8, 4) is 0 Å². The number of para-hydroxylation sites is 1. The van der Waals surface area contributed by atoms with Crippen LogP contribution in [0.5, 0.6) is 0 Å². The molecule has 7 heteroatoms. The summed E-state index contributed by atoms with van der Waals surface area (Å²) in [6.07, 6.45) is 1.59. The second-order valence-electron chi connectivity index (χ2n) is 5.62. The first-order valence-corrected chi connectivity index (χ1v) is 8.44. The summed E-state index contributed by atoms with van der Waals surface area (Å²) in [5.41, 5.74) is 3.85. The Bertz CT molecular complexity index is 824. The van der Waals surface area contributed by atoms with E-state index in [1.807, 2.05) is 30.3 Å². The molecule has 1 aliphatic heterocycles. The number of anilines is 1. The summed E-state index contributed by atoms with van der Waals surface area (Å²) in [5, 5.41) is 4.70. The standard InChI is InChI=1S/C18H15Cl2N3O2/c19-15-8-4-5-12(17(15)20)10-21-22-18(25)13-9-16(24)23(11-13)14-6-2-1-3-7-14/h1-8,10,13H,9,11H2,(H,22,25)/b21-10-/t13-/m1/s1. The van der Waals surface area contributed by atoms with Crippen LogP contribution in [0.4, 0.5) is 5.69 Å². The molecule has 0 spiro atoms. The van der Waals surface area contributed by atoms with Gasteiger partial charge < -0.3 is 4.90 Å². The van der Waals surface area contributed by atoms with E-state index in [0.29, 0.717) is 22.2 Å². The zero-order chi connectivity index (χ0) is 17.8. The molecule has 2 aromatic carbocycles. The first-order chi connectivity index (χ1) is 12.1. The number of hydrogen-bond acceptors (Lipinski definition) is 3. The van der Waals surface area contributed by atoms with Crippen LogP contribution in [-0.2, 0) is 9.59 Å². The van der Waals surface area contributed by atoms with Crippen molar-refractivity contribution >= 4 is 46.9 Å². The van der Waals surface area contributed by atoms with Gasteiger partial charge in [-0.1, -0.05) is 53.5 Å². The SMILES string of the molecule is O=C(N/N=C\c1cccc(Cl)c1Cl)[C@@H]1CC(=O)N(c2ccccc2)C1. The van der Waals surface area contributed by atoms with Crippen LogP contribution in [0.15, 0.2) is 53.6 Å². The van der Waals surface area contributed by atoms with Crippen LogP contribution in [-0.4, -0.2) is 24.6 Å². The van der Waals surface area contributed by atoms with E-state index in [1.54, 1.807) is 23.1 Å². The zero-order valence-corrected chi connectivity index (χ0v) is 14.7. The Kier molecular flexibility index (Phi) is 5.36. The number of nitrogens with zero attached hydrogens (tertiary/aromatic N) is 2. The van der Waals surface area contributed by atoms with E-state index in [9.17, 15) is 9.59 Å². The maximum Gasteiger partial charge on any atom is 0.245 e. The Morgan fingerprint density at radius 3 is 2.68 bits per heavy atom. The van der Waals surface area contributed by atoms with Crippen molar-refractivity contribution < 1.29 is 9.59 Å². The van der Waals surface area contributed by atoms with Crippen LogP contribution in [0, 0.1) is 5.92 Å². The molecular weight excluding hydrogens is 361 g/mol. The number of carbonyl (C=O) groups is 2. The van der Waals surface area contributed by atoms with Crippen LogP contribution < -0.4 is 10.3 Å². The van der Waals surface area contributed by atoms with Crippen LogP contribution in [0.1, 0.15) is 12.0 Å². The zero-order valence-electron chi connectivity index (χ0n) is 13.2. The maximum atomic E-state index is 12.2. The Morgan fingerprint density at radius 1 is 1.16 bits per heavy atom. The third-order valence-corrected chi connectivity index (χ3v) is 4.76. The summed E-state index contributed by atoms with van der Waals surface area (Å²) < 4.78 is 0. The maximum absolute atomic E-state index is 12.2. The van der Waals surface area contributed by atoms with Gasteiger partial charge in [0.2, 0.25) is 11.8 Å². The number of carbonyl (C=O) groups excluding carboxylic acids is 2. The summed E-state index contributed by atoms with van der Waals surface area (Å²) in [7, 11) is 0. The monoisotopic (exact) mass is 375 g/mol. The van der Waals surface area contributed by atoms with Gasteiger partial charge in [0.1, 0.15) is 0 Å². The molecule has 0 saturated carbocycles. The minimum absolute atomic E-state index is 0.0757. The molecule has 2 amide bonds. The van der Waals surface area contributed by atoms with Crippen molar-refractivity contribution in [3.63, 3.8) is 0 Å². The Hall–Kier alpha value is -2.37. The second-order valence-corrected chi connectivity index (χ2v) is 6.40. The molecule has 2 aromatic rings. The molecule has 25 heavy (non-hydrogen) atoms. The summed E-state index contributed by atoms with van der Waals surface area (Å²) in [5.74, 6) is -0.825. The molecule has 0 aromatic heterocycles. The van der Waals surface area contributed by atoms with E-state index in [2.05, 4.69) is 10.5 Å². The van der Waals surface area contributed by atoms with E-state index in [4.69, 9.17) is 23.2 Å². The van der Waals surface area contributed by atoms with Gasteiger partial charge in [0.05, 0.1) is 22.2 Å². The molecule has 1 atom stereocenters. The van der Waals surface area contributed by atoms with Crippen molar-refractivity contribution in [2.75, 3.05) is 11.4 Å². The van der Waals surface area contributed by atoms with E-state index in [0.717, 1.165) is 5.69 Å². The van der Waals surface area contributed by atoms with Crippen LogP contribution in [0.3, 0.4) is 0 Å². The minimum Gasteiger partial charge on any atom is -0.312 e. The largest absolute Gasteiger partial charge is 0.312 e. The molecule has 1 heterocycles. The molecule has 5 nitrogen and oxygen atoms in total. The van der Waals surface area contributed by atoms with Crippen molar-refractivity contribution in [2.45, 2.75) is 6.42 Å². The molecule has 0 aliphatic carbocycles. The molecule has 0 unspecified atom stereocenters. The number of hydrogen-bond donors (Lipinski definition) is 1. The van der Waals surface area contributed by atoms with Gasteiger partial charge in [-0.15, -0.1) is 0 Å². The van der Waals surface area contributed by atoms with Crippen LogP contribution >= 0.6 is 23.2 Å². The van der Waals surface area contributed by atoms with Gasteiger partial charge in [0.15, 0.2) is 0 Å². The normalized spacial score (nSPS) is 17.3. The predicted octanol–water partition coefficient (Wildman–Crippen LogP) is 3.50. The van der Waals surface area contributed by atoms with E-state index >= 15 is 0 Å². The molecule has 1 fully saturated rings. The molecule has 1 saturated heterocycles. The van der Waals surface area contributed by atoms with E-state index in [-0.39, 0.29) is 18.2 Å². The summed E-state index contributed by atoms with van der Waals surface area (Å²) >= 11 is 12.0. The smallest absolute Gasteiger partial charge is 0.245 e. The lowest BCUT2D eigenvalue weighted by Gasteiger charge is -2.16. The highest BCUT2D eigenvalue weighted by atomic mass is 35.5. The summed E-state index contributed by atoms with van der Waals surface area (Å²) in [6.45, 7) is 0.335. The lowest BCUT2D eigenvalue weighted by molar-refractivity contribution is -0.126. The number of halogens is 2. The van der Waals surface area contributed by atoms with Gasteiger partial charge in [-0.2, -0.15) is 5.10 Å². The fourth-order valence-electron chi connectivity index (χ4n) is 2.62. The van der Waals surface area contributed by atoms with Gasteiger partial charge in [0, 0.05) is 24.2 Å². The van der Waals surface area contributed by atoms with Gasteiger partial charge in [0.25, 0.3) is 0 Å². The number of benzene rings is 2. The minimum atomic E-state index is -0.445. The van der Waals surface area contributed by atoms with Gasteiger partial charge in [-0.3, -0.25) is 9.59 Å². The third-order valence-electron chi connectivity index (χ3n) is 3.92. The molecular formula is C18H15Cl2N3O2. The molecule has 1 aliphatic rings. The van der Waals surface area contributed by atoms with Gasteiger partial charge >= 0.3 is 0 Å². The van der Waals surface area contributed by atoms with Crippen LogP contribution in [0.2, 0.25) is 10.0 Å². The number of rotatable bonds is 4. The highest BCUT2D eigenvalue weighted by molar-refractivity contribution is 6.43. The molecule has 128 valence electrons.